The van der Waals surface area contributed by atoms with Crippen LogP contribution in [0.5, 0.6) is 5.88 Å². The van der Waals surface area contributed by atoms with E-state index < -0.39 is 0 Å². The van der Waals surface area contributed by atoms with Crippen LogP contribution in [0, 0.1) is 5.41 Å². The highest BCUT2D eigenvalue weighted by atomic mass is 16.5. The molecule has 0 radical (unpaired) electrons. The van der Waals surface area contributed by atoms with Crippen molar-refractivity contribution in [1.29, 1.82) is 0 Å². The average molecular weight is 373 g/mol. The fourth-order valence-corrected chi connectivity index (χ4v) is 4.32. The number of benzene rings is 1. The molecule has 1 N–H and O–H groups in total. The number of nitrogens with zero attached hydrogens (tertiary/aromatic N) is 2. The Morgan fingerprint density at radius 3 is 2.89 bits per heavy atom. The molecule has 0 unspecified atom stereocenters. The molecule has 6 nitrogen and oxygen atoms in total. The summed E-state index contributed by atoms with van der Waals surface area (Å²) in [6.07, 6.45) is 8.04. The summed E-state index contributed by atoms with van der Waals surface area (Å²) in [7, 11) is 0. The van der Waals surface area contributed by atoms with E-state index in [-0.39, 0.29) is 11.1 Å². The van der Waals surface area contributed by atoms with Crippen molar-refractivity contribution in [2.24, 2.45) is 5.41 Å². The quantitative estimate of drug-likeness (QED) is 0.757. The number of ether oxygens (including phenoxy) is 2. The summed E-state index contributed by atoms with van der Waals surface area (Å²) < 4.78 is 13.7. The summed E-state index contributed by atoms with van der Waals surface area (Å²) in [5.41, 5.74) is 3.58. The molecule has 3 heterocycles. The number of para-hydroxylation sites is 2. The molecule has 1 saturated carbocycles. The number of fused-ring (bicyclic) bond motifs is 2. The lowest BCUT2D eigenvalue weighted by Gasteiger charge is -2.18. The molecule has 1 spiro atoms. The number of aromatic amines is 1. The third-order valence-corrected chi connectivity index (χ3v) is 5.92. The minimum Gasteiger partial charge on any atom is -0.497 e. The molecule has 3 aromatic rings. The largest absolute Gasteiger partial charge is 0.497 e. The van der Waals surface area contributed by atoms with E-state index in [1.54, 1.807) is 10.8 Å². The molecular formula is C22H19N3O3. The van der Waals surface area contributed by atoms with E-state index in [1.807, 2.05) is 36.4 Å². The maximum atomic E-state index is 12.4. The maximum absolute atomic E-state index is 12.4. The lowest BCUT2D eigenvalue weighted by atomic mass is 9.91. The number of allylic oxidation sites excluding steroid dienone is 3. The first-order valence-electron chi connectivity index (χ1n) is 9.65. The normalized spacial score (nSPS) is 19.5. The SMILES string of the molecule is O=c1[nH]c2ccccc2n1-c1ccc(OC2=CCCC3=C2C2(CC2)CO3)nc1. The zero-order chi connectivity index (χ0) is 18.7. The van der Waals surface area contributed by atoms with E-state index >= 15 is 0 Å². The highest BCUT2D eigenvalue weighted by molar-refractivity contribution is 5.77. The van der Waals surface area contributed by atoms with Crippen molar-refractivity contribution in [3.63, 3.8) is 0 Å². The summed E-state index contributed by atoms with van der Waals surface area (Å²) in [6, 6.07) is 11.3. The van der Waals surface area contributed by atoms with Crippen LogP contribution in [0.15, 0.2) is 70.6 Å². The summed E-state index contributed by atoms with van der Waals surface area (Å²) >= 11 is 0. The highest BCUT2D eigenvalue weighted by Crippen LogP contribution is 2.60. The Balaban J connectivity index is 1.32. The molecule has 3 aliphatic rings. The third kappa shape index (κ3) is 2.27. The van der Waals surface area contributed by atoms with Gasteiger partial charge in [-0.15, -0.1) is 0 Å². The number of aromatic nitrogens is 3. The van der Waals surface area contributed by atoms with Crippen LogP contribution in [-0.2, 0) is 4.74 Å². The van der Waals surface area contributed by atoms with E-state index in [0.29, 0.717) is 11.6 Å². The van der Waals surface area contributed by atoms with Gasteiger partial charge in [0, 0.05) is 23.5 Å². The molecule has 6 heteroatoms. The number of H-pyrrole nitrogens is 1. The zero-order valence-electron chi connectivity index (χ0n) is 15.3. The Labute approximate surface area is 161 Å². The Kier molecular flexibility index (Phi) is 3.15. The molecule has 28 heavy (non-hydrogen) atoms. The summed E-state index contributed by atoms with van der Waals surface area (Å²) in [5, 5.41) is 0. The van der Waals surface area contributed by atoms with E-state index in [0.717, 1.165) is 42.0 Å². The van der Waals surface area contributed by atoms with Gasteiger partial charge in [0.15, 0.2) is 0 Å². The Morgan fingerprint density at radius 2 is 2.07 bits per heavy atom. The van der Waals surface area contributed by atoms with E-state index in [2.05, 4.69) is 16.0 Å². The molecule has 0 bridgehead atoms. The smallest absolute Gasteiger partial charge is 0.331 e. The summed E-state index contributed by atoms with van der Waals surface area (Å²) in [6.45, 7) is 0.786. The number of rotatable bonds is 3. The van der Waals surface area contributed by atoms with Crippen LogP contribution in [0.3, 0.4) is 0 Å². The lowest BCUT2D eigenvalue weighted by molar-refractivity contribution is 0.204. The topological polar surface area (TPSA) is 69.1 Å². The van der Waals surface area contributed by atoms with Crippen LogP contribution in [0.25, 0.3) is 16.7 Å². The van der Waals surface area contributed by atoms with Crippen molar-refractivity contribution in [3.05, 3.63) is 76.2 Å². The second kappa shape index (κ2) is 5.61. The molecule has 1 fully saturated rings. The summed E-state index contributed by atoms with van der Waals surface area (Å²) in [4.78, 5) is 19.7. The number of pyridine rings is 1. The van der Waals surface area contributed by atoms with Gasteiger partial charge in [-0.05, 0) is 43.5 Å². The number of nitrogens with one attached hydrogen (secondary N) is 1. The van der Waals surface area contributed by atoms with Crippen molar-refractivity contribution in [2.45, 2.75) is 25.7 Å². The third-order valence-electron chi connectivity index (χ3n) is 5.92. The van der Waals surface area contributed by atoms with Gasteiger partial charge in [-0.25, -0.2) is 9.78 Å². The minimum atomic E-state index is -0.180. The van der Waals surface area contributed by atoms with Crippen molar-refractivity contribution in [3.8, 4) is 11.6 Å². The van der Waals surface area contributed by atoms with Crippen LogP contribution >= 0.6 is 0 Å². The van der Waals surface area contributed by atoms with E-state index in [4.69, 9.17) is 9.47 Å². The first-order chi connectivity index (χ1) is 13.7. The second-order valence-electron chi connectivity index (χ2n) is 7.71. The average Bonchev–Trinajstić information content (AvgIpc) is 3.28. The van der Waals surface area contributed by atoms with Crippen LogP contribution in [-0.4, -0.2) is 21.1 Å². The molecule has 2 aliphatic carbocycles. The van der Waals surface area contributed by atoms with E-state index in [1.165, 1.54) is 18.4 Å². The van der Waals surface area contributed by atoms with Crippen LogP contribution in [0.2, 0.25) is 0 Å². The van der Waals surface area contributed by atoms with Crippen molar-refractivity contribution < 1.29 is 9.47 Å². The van der Waals surface area contributed by atoms with Crippen LogP contribution < -0.4 is 10.4 Å². The zero-order valence-corrected chi connectivity index (χ0v) is 15.3. The van der Waals surface area contributed by atoms with Crippen molar-refractivity contribution in [1.82, 2.24) is 14.5 Å². The molecule has 140 valence electrons. The van der Waals surface area contributed by atoms with Crippen molar-refractivity contribution >= 4 is 11.0 Å². The molecule has 1 aliphatic heterocycles. The molecular weight excluding hydrogens is 354 g/mol. The molecule has 0 amide bonds. The van der Waals surface area contributed by atoms with Gasteiger partial charge in [0.25, 0.3) is 0 Å². The first-order valence-corrected chi connectivity index (χ1v) is 9.65. The molecule has 2 aromatic heterocycles. The van der Waals surface area contributed by atoms with Gasteiger partial charge in [-0.2, -0.15) is 0 Å². The standard InChI is InChI=1S/C22H19N3O3/c26-21-24-15-4-1-2-5-16(15)25(21)14-8-9-19(23-12-14)28-18-7-3-6-17-20(18)22(10-11-22)13-27-17/h1-2,4-5,7-9,12H,3,6,10-11,13H2,(H,24,26). The van der Waals surface area contributed by atoms with Gasteiger partial charge < -0.3 is 14.5 Å². The number of hydrogen-bond donors (Lipinski definition) is 1. The summed E-state index contributed by atoms with van der Waals surface area (Å²) in [5.74, 6) is 2.51. The molecule has 0 saturated heterocycles. The molecule has 0 atom stereocenters. The predicted molar refractivity (Wildman–Crippen MR) is 104 cm³/mol. The van der Waals surface area contributed by atoms with Gasteiger partial charge in [0.1, 0.15) is 11.5 Å². The fraction of sp³-hybridized carbons (Fsp3) is 0.273. The number of hydrogen-bond acceptors (Lipinski definition) is 4. The monoisotopic (exact) mass is 373 g/mol. The Bertz CT molecular complexity index is 1210. The van der Waals surface area contributed by atoms with Gasteiger partial charge >= 0.3 is 5.69 Å². The van der Waals surface area contributed by atoms with Gasteiger partial charge in [-0.1, -0.05) is 12.1 Å². The van der Waals surface area contributed by atoms with Crippen LogP contribution in [0.4, 0.5) is 0 Å². The second-order valence-corrected chi connectivity index (χ2v) is 7.71. The first kappa shape index (κ1) is 15.7. The number of imidazole rings is 1. The fourth-order valence-electron chi connectivity index (χ4n) is 4.32. The predicted octanol–water partition coefficient (Wildman–Crippen LogP) is 3.83. The molecule has 1 aromatic carbocycles. The van der Waals surface area contributed by atoms with Gasteiger partial charge in [0.05, 0.1) is 29.5 Å². The van der Waals surface area contributed by atoms with Gasteiger partial charge in [0.2, 0.25) is 5.88 Å². The Hall–Kier alpha value is -3.28. The maximum Gasteiger partial charge on any atom is 0.331 e. The van der Waals surface area contributed by atoms with Crippen molar-refractivity contribution in [2.75, 3.05) is 6.61 Å². The lowest BCUT2D eigenvalue weighted by Crippen LogP contribution is -2.15. The van der Waals surface area contributed by atoms with Crippen LogP contribution in [0.1, 0.15) is 25.7 Å². The highest BCUT2D eigenvalue weighted by Gasteiger charge is 2.54. The van der Waals surface area contributed by atoms with E-state index in [9.17, 15) is 4.79 Å². The Morgan fingerprint density at radius 1 is 1.18 bits per heavy atom. The minimum absolute atomic E-state index is 0.179. The molecule has 6 rings (SSSR count). The van der Waals surface area contributed by atoms with Gasteiger partial charge in [-0.3, -0.25) is 4.57 Å².